The van der Waals surface area contributed by atoms with E-state index in [0.717, 1.165) is 12.1 Å². The molecule has 120 valence electrons. The summed E-state index contributed by atoms with van der Waals surface area (Å²) in [5.41, 5.74) is 2.95. The Bertz CT molecular complexity index is 557. The van der Waals surface area contributed by atoms with Crippen LogP contribution in [0.5, 0.6) is 0 Å². The molecule has 1 saturated carbocycles. The van der Waals surface area contributed by atoms with Crippen molar-refractivity contribution in [3.8, 4) is 0 Å². The van der Waals surface area contributed by atoms with Crippen molar-refractivity contribution in [2.24, 2.45) is 0 Å². The number of hydrogen-bond donors (Lipinski definition) is 1. The lowest BCUT2D eigenvalue weighted by molar-refractivity contribution is 0.0584. The number of carbonyl (C=O) groups excluding carboxylic acids is 1. The number of fused-ring (bicyclic) bond motifs is 1. The average molecular weight is 302 g/mol. The van der Waals surface area contributed by atoms with E-state index in [0.29, 0.717) is 12.6 Å². The maximum absolute atomic E-state index is 12.3. The van der Waals surface area contributed by atoms with Crippen molar-refractivity contribution >= 4 is 17.5 Å². The molecule has 4 nitrogen and oxygen atoms in total. The smallest absolute Gasteiger partial charge is 0.414 e. The molecule has 0 bridgehead atoms. The third-order valence-electron chi connectivity index (χ3n) is 4.31. The van der Waals surface area contributed by atoms with Gasteiger partial charge in [-0.2, -0.15) is 0 Å². The Morgan fingerprint density at radius 1 is 1.27 bits per heavy atom. The highest BCUT2D eigenvalue weighted by atomic mass is 16.6. The zero-order valence-electron chi connectivity index (χ0n) is 13.8. The lowest BCUT2D eigenvalue weighted by Gasteiger charge is -2.25. The average Bonchev–Trinajstić information content (AvgIpc) is 3.05. The molecular weight excluding hydrogens is 276 g/mol. The summed E-state index contributed by atoms with van der Waals surface area (Å²) in [6, 6.07) is 6.93. The predicted molar refractivity (Wildman–Crippen MR) is 89.6 cm³/mol. The SMILES string of the molecule is CC(C)(C)OC(=O)N1CCc2cc(NC3CCCC3)ccc21. The molecule has 4 heteroatoms. The zero-order valence-corrected chi connectivity index (χ0v) is 13.8. The maximum atomic E-state index is 12.3. The number of anilines is 2. The Balaban J connectivity index is 1.70. The van der Waals surface area contributed by atoms with E-state index < -0.39 is 5.60 Å². The van der Waals surface area contributed by atoms with E-state index in [-0.39, 0.29) is 6.09 Å². The van der Waals surface area contributed by atoms with Crippen molar-refractivity contribution in [1.29, 1.82) is 0 Å². The van der Waals surface area contributed by atoms with Crippen LogP contribution in [0.4, 0.5) is 16.2 Å². The number of ether oxygens (including phenoxy) is 1. The van der Waals surface area contributed by atoms with E-state index in [1.54, 1.807) is 4.90 Å². The lowest BCUT2D eigenvalue weighted by atomic mass is 10.1. The van der Waals surface area contributed by atoms with Crippen LogP contribution in [-0.4, -0.2) is 24.3 Å². The summed E-state index contributed by atoms with van der Waals surface area (Å²) in [6.45, 7) is 6.40. The fourth-order valence-corrected chi connectivity index (χ4v) is 3.30. The van der Waals surface area contributed by atoms with Crippen molar-refractivity contribution < 1.29 is 9.53 Å². The fraction of sp³-hybridized carbons (Fsp3) is 0.611. The minimum absolute atomic E-state index is 0.247. The van der Waals surface area contributed by atoms with Crippen LogP contribution in [0.2, 0.25) is 0 Å². The number of carbonyl (C=O) groups is 1. The van der Waals surface area contributed by atoms with Crippen molar-refractivity contribution in [2.45, 2.75) is 64.5 Å². The monoisotopic (exact) mass is 302 g/mol. The third kappa shape index (κ3) is 3.37. The number of hydrogen-bond acceptors (Lipinski definition) is 3. The summed E-state index contributed by atoms with van der Waals surface area (Å²) in [5, 5.41) is 3.62. The van der Waals surface area contributed by atoms with Gasteiger partial charge in [-0.05, 0) is 63.8 Å². The summed E-state index contributed by atoms with van der Waals surface area (Å²) < 4.78 is 5.49. The minimum Gasteiger partial charge on any atom is -0.443 e. The molecule has 1 amide bonds. The first-order valence-corrected chi connectivity index (χ1v) is 8.32. The van der Waals surface area contributed by atoms with Gasteiger partial charge in [0.05, 0.1) is 5.69 Å². The molecule has 0 aromatic heterocycles. The Hall–Kier alpha value is -1.71. The van der Waals surface area contributed by atoms with Crippen LogP contribution in [0, 0.1) is 0 Å². The molecule has 1 aliphatic heterocycles. The van der Waals surface area contributed by atoms with Gasteiger partial charge in [0.15, 0.2) is 0 Å². The molecule has 3 rings (SSSR count). The van der Waals surface area contributed by atoms with Crippen LogP contribution in [-0.2, 0) is 11.2 Å². The van der Waals surface area contributed by atoms with E-state index in [1.807, 2.05) is 26.8 Å². The van der Waals surface area contributed by atoms with Crippen LogP contribution >= 0.6 is 0 Å². The van der Waals surface area contributed by atoms with Gasteiger partial charge >= 0.3 is 6.09 Å². The van der Waals surface area contributed by atoms with Gasteiger partial charge in [0.1, 0.15) is 5.60 Å². The highest BCUT2D eigenvalue weighted by Crippen LogP contribution is 2.32. The summed E-state index contributed by atoms with van der Waals surface area (Å²) in [5.74, 6) is 0. The molecule has 0 spiro atoms. The maximum Gasteiger partial charge on any atom is 0.414 e. The van der Waals surface area contributed by atoms with Gasteiger partial charge in [0.2, 0.25) is 0 Å². The van der Waals surface area contributed by atoms with Crippen LogP contribution in [0.25, 0.3) is 0 Å². The first kappa shape index (κ1) is 15.2. The third-order valence-corrected chi connectivity index (χ3v) is 4.31. The second kappa shape index (κ2) is 5.82. The van der Waals surface area contributed by atoms with Crippen molar-refractivity contribution in [3.05, 3.63) is 23.8 Å². The first-order valence-electron chi connectivity index (χ1n) is 8.32. The molecule has 1 aliphatic carbocycles. The second-order valence-electron chi connectivity index (χ2n) is 7.35. The van der Waals surface area contributed by atoms with Gasteiger partial charge in [0, 0.05) is 18.3 Å². The number of nitrogens with one attached hydrogen (secondary N) is 1. The topological polar surface area (TPSA) is 41.6 Å². The van der Waals surface area contributed by atoms with E-state index >= 15 is 0 Å². The molecule has 1 heterocycles. The first-order chi connectivity index (χ1) is 10.4. The molecule has 2 aliphatic rings. The number of nitrogens with zero attached hydrogens (tertiary/aromatic N) is 1. The Morgan fingerprint density at radius 3 is 2.68 bits per heavy atom. The fourth-order valence-electron chi connectivity index (χ4n) is 3.30. The highest BCUT2D eigenvalue weighted by molar-refractivity contribution is 5.91. The molecule has 1 N–H and O–H groups in total. The molecule has 1 fully saturated rings. The van der Waals surface area contributed by atoms with Crippen molar-refractivity contribution in [2.75, 3.05) is 16.8 Å². The van der Waals surface area contributed by atoms with Crippen LogP contribution in [0.3, 0.4) is 0 Å². The van der Waals surface area contributed by atoms with Crippen LogP contribution in [0.15, 0.2) is 18.2 Å². The van der Waals surface area contributed by atoms with E-state index in [4.69, 9.17) is 4.74 Å². The highest BCUT2D eigenvalue weighted by Gasteiger charge is 2.29. The summed E-state index contributed by atoms with van der Waals surface area (Å²) >= 11 is 0. The van der Waals surface area contributed by atoms with Gasteiger partial charge in [-0.25, -0.2) is 4.79 Å². The number of benzene rings is 1. The molecule has 1 aromatic rings. The van der Waals surface area contributed by atoms with Crippen molar-refractivity contribution in [3.63, 3.8) is 0 Å². The molecule has 0 atom stereocenters. The Morgan fingerprint density at radius 2 is 2.00 bits per heavy atom. The Labute approximate surface area is 132 Å². The molecule has 0 unspecified atom stereocenters. The van der Waals surface area contributed by atoms with E-state index in [2.05, 4.69) is 17.4 Å². The van der Waals surface area contributed by atoms with Crippen LogP contribution in [0.1, 0.15) is 52.0 Å². The quantitative estimate of drug-likeness (QED) is 0.883. The Kier molecular flexibility index (Phi) is 4.02. The normalized spacial score (nSPS) is 18.4. The molecular formula is C18H26N2O2. The van der Waals surface area contributed by atoms with Gasteiger partial charge in [-0.15, -0.1) is 0 Å². The van der Waals surface area contributed by atoms with Gasteiger partial charge in [-0.1, -0.05) is 12.8 Å². The number of amides is 1. The van der Waals surface area contributed by atoms with Crippen molar-refractivity contribution in [1.82, 2.24) is 0 Å². The number of rotatable bonds is 2. The standard InChI is InChI=1S/C18H26N2O2/c1-18(2,3)22-17(21)20-11-10-13-12-15(8-9-16(13)20)19-14-6-4-5-7-14/h8-9,12,14,19H,4-7,10-11H2,1-3H3. The van der Waals surface area contributed by atoms with Gasteiger partial charge < -0.3 is 10.1 Å². The van der Waals surface area contributed by atoms with Gasteiger partial charge in [-0.3, -0.25) is 4.90 Å². The molecule has 22 heavy (non-hydrogen) atoms. The zero-order chi connectivity index (χ0) is 15.7. The van der Waals surface area contributed by atoms with E-state index in [9.17, 15) is 4.79 Å². The predicted octanol–water partition coefficient (Wildman–Crippen LogP) is 4.34. The van der Waals surface area contributed by atoms with Gasteiger partial charge in [0.25, 0.3) is 0 Å². The lowest BCUT2D eigenvalue weighted by Crippen LogP contribution is -2.35. The summed E-state index contributed by atoms with van der Waals surface area (Å²) in [4.78, 5) is 14.0. The largest absolute Gasteiger partial charge is 0.443 e. The molecule has 0 radical (unpaired) electrons. The van der Waals surface area contributed by atoms with E-state index in [1.165, 1.54) is 36.9 Å². The minimum atomic E-state index is -0.455. The second-order valence-corrected chi connectivity index (χ2v) is 7.35. The molecule has 0 saturated heterocycles. The summed E-state index contributed by atoms with van der Waals surface area (Å²) in [7, 11) is 0. The summed E-state index contributed by atoms with van der Waals surface area (Å²) in [6.07, 6.45) is 5.84. The molecule has 1 aromatic carbocycles. The van der Waals surface area contributed by atoms with Crippen LogP contribution < -0.4 is 10.2 Å².